The van der Waals surface area contributed by atoms with Crippen LogP contribution >= 0.6 is 11.8 Å². The molecule has 2 amide bonds. The summed E-state index contributed by atoms with van der Waals surface area (Å²) in [5.74, 6) is 2.18. The lowest BCUT2D eigenvalue weighted by Crippen LogP contribution is -2.44. The molecule has 0 radical (unpaired) electrons. The normalized spacial score (nSPS) is 14.8. The lowest BCUT2D eigenvalue weighted by Gasteiger charge is -2.24. The SMILES string of the molecule is COc1ccc(-n2nc(-c3ccccc3)c3c2N(CC(=O)NC(C)C)C(=O)CSC3c2ccc(OC)c(OC)c2)cc1. The molecule has 10 heteroatoms. The molecule has 1 aliphatic heterocycles. The Balaban J connectivity index is 1.79. The summed E-state index contributed by atoms with van der Waals surface area (Å²) in [7, 11) is 4.81. The van der Waals surface area contributed by atoms with Crippen LogP contribution in [0.2, 0.25) is 0 Å². The highest BCUT2D eigenvalue weighted by molar-refractivity contribution is 8.00. The molecule has 9 nitrogen and oxygen atoms in total. The van der Waals surface area contributed by atoms with Crippen LogP contribution in [-0.2, 0) is 9.59 Å². The van der Waals surface area contributed by atoms with Gasteiger partial charge in [0.2, 0.25) is 11.8 Å². The number of fused-ring (bicyclic) bond motifs is 1. The van der Waals surface area contributed by atoms with E-state index in [1.165, 1.54) is 11.8 Å². The van der Waals surface area contributed by atoms with Gasteiger partial charge < -0.3 is 19.5 Å². The standard InChI is InChI=1S/C32H34N4O5S/c1-20(2)33-27(37)18-35-28(38)19-42-31(22-11-16-25(40-4)26(17-22)41-5)29-30(21-9-7-6-8-10-21)34-36(32(29)35)23-12-14-24(39-3)15-13-23/h6-17,20,31H,18-19H2,1-5H3,(H,33,37). The Bertz CT molecular complexity index is 1570. The van der Waals surface area contributed by atoms with Gasteiger partial charge in [-0.15, -0.1) is 11.8 Å². The summed E-state index contributed by atoms with van der Waals surface area (Å²) in [6.45, 7) is 3.65. The summed E-state index contributed by atoms with van der Waals surface area (Å²) < 4.78 is 18.3. The van der Waals surface area contributed by atoms with E-state index in [9.17, 15) is 9.59 Å². The zero-order valence-electron chi connectivity index (χ0n) is 24.3. The Morgan fingerprint density at radius 2 is 1.69 bits per heavy atom. The Morgan fingerprint density at radius 3 is 2.33 bits per heavy atom. The fraction of sp³-hybridized carbons (Fsp3) is 0.281. The summed E-state index contributed by atoms with van der Waals surface area (Å²) in [5, 5.41) is 7.74. The zero-order chi connectivity index (χ0) is 29.8. The third kappa shape index (κ3) is 5.80. The minimum Gasteiger partial charge on any atom is -0.497 e. The number of benzene rings is 3. The molecule has 0 aliphatic carbocycles. The summed E-state index contributed by atoms with van der Waals surface area (Å²) >= 11 is 1.50. The number of hydrogen-bond acceptors (Lipinski definition) is 7. The third-order valence-corrected chi connectivity index (χ3v) is 8.17. The first-order valence-corrected chi connectivity index (χ1v) is 14.7. The molecule has 1 aliphatic rings. The van der Waals surface area contributed by atoms with E-state index in [0.29, 0.717) is 23.1 Å². The van der Waals surface area contributed by atoms with E-state index >= 15 is 0 Å². The Labute approximate surface area is 249 Å². The molecule has 5 rings (SSSR count). The first-order valence-electron chi connectivity index (χ1n) is 13.6. The molecule has 0 fully saturated rings. The van der Waals surface area contributed by atoms with Crippen molar-refractivity contribution in [1.82, 2.24) is 15.1 Å². The van der Waals surface area contributed by atoms with Gasteiger partial charge in [0.05, 0.1) is 43.7 Å². The molecule has 1 atom stereocenters. The third-order valence-electron chi connectivity index (χ3n) is 6.91. The molecular formula is C32H34N4O5S. The second-order valence-corrected chi connectivity index (χ2v) is 11.2. The molecule has 0 saturated carbocycles. The lowest BCUT2D eigenvalue weighted by atomic mass is 9.99. The molecule has 1 aromatic heterocycles. The van der Waals surface area contributed by atoms with Crippen LogP contribution in [0.15, 0.2) is 72.8 Å². The van der Waals surface area contributed by atoms with Crippen molar-refractivity contribution in [1.29, 1.82) is 0 Å². The number of amides is 2. The number of methoxy groups -OCH3 is 3. The van der Waals surface area contributed by atoms with E-state index < -0.39 is 0 Å². The molecule has 2 heterocycles. The van der Waals surface area contributed by atoms with Crippen molar-refractivity contribution in [3.05, 3.63) is 83.9 Å². The number of hydrogen-bond donors (Lipinski definition) is 1. The molecule has 42 heavy (non-hydrogen) atoms. The second-order valence-electron chi connectivity index (χ2n) is 10.1. The second kappa shape index (κ2) is 12.6. The smallest absolute Gasteiger partial charge is 0.240 e. The van der Waals surface area contributed by atoms with Gasteiger partial charge in [-0.25, -0.2) is 4.68 Å². The van der Waals surface area contributed by atoms with Gasteiger partial charge in [-0.1, -0.05) is 36.4 Å². The molecule has 1 unspecified atom stereocenters. The van der Waals surface area contributed by atoms with Crippen LogP contribution in [0, 0.1) is 0 Å². The minimum atomic E-state index is -0.302. The summed E-state index contributed by atoms with van der Waals surface area (Å²) in [4.78, 5) is 28.5. The van der Waals surface area contributed by atoms with Crippen molar-refractivity contribution in [3.8, 4) is 34.2 Å². The average Bonchev–Trinajstić information content (AvgIpc) is 3.33. The zero-order valence-corrected chi connectivity index (χ0v) is 25.1. The highest BCUT2D eigenvalue weighted by atomic mass is 32.2. The van der Waals surface area contributed by atoms with E-state index in [1.807, 2.05) is 86.6 Å². The fourth-order valence-electron chi connectivity index (χ4n) is 5.02. The first kappa shape index (κ1) is 29.1. The molecule has 218 valence electrons. The highest BCUT2D eigenvalue weighted by Gasteiger charge is 2.38. The quantitative estimate of drug-likeness (QED) is 0.286. The summed E-state index contributed by atoms with van der Waals surface area (Å²) in [5.41, 5.74) is 4.10. The van der Waals surface area contributed by atoms with Gasteiger partial charge in [0.25, 0.3) is 0 Å². The van der Waals surface area contributed by atoms with Crippen molar-refractivity contribution >= 4 is 29.4 Å². The number of anilines is 1. The van der Waals surface area contributed by atoms with Gasteiger partial charge in [-0.3, -0.25) is 14.5 Å². The van der Waals surface area contributed by atoms with E-state index in [2.05, 4.69) is 5.32 Å². The van der Waals surface area contributed by atoms with Crippen LogP contribution in [0.1, 0.15) is 30.2 Å². The van der Waals surface area contributed by atoms with E-state index in [0.717, 1.165) is 28.1 Å². The molecule has 0 spiro atoms. The Morgan fingerprint density at radius 1 is 0.976 bits per heavy atom. The van der Waals surface area contributed by atoms with Crippen LogP contribution < -0.4 is 24.4 Å². The van der Waals surface area contributed by atoms with Crippen molar-refractivity contribution in [2.75, 3.05) is 38.5 Å². The number of ether oxygens (including phenoxy) is 3. The number of thioether (sulfide) groups is 1. The molecule has 3 aromatic carbocycles. The minimum absolute atomic E-state index is 0.0701. The number of carbonyl (C=O) groups excluding carboxylic acids is 2. The van der Waals surface area contributed by atoms with Crippen molar-refractivity contribution < 1.29 is 23.8 Å². The summed E-state index contributed by atoms with van der Waals surface area (Å²) in [6, 6.07) is 23.1. The number of nitrogens with zero attached hydrogens (tertiary/aromatic N) is 3. The van der Waals surface area contributed by atoms with Crippen LogP contribution in [0.25, 0.3) is 16.9 Å². The largest absolute Gasteiger partial charge is 0.497 e. The lowest BCUT2D eigenvalue weighted by molar-refractivity contribution is -0.123. The van der Waals surface area contributed by atoms with E-state index in [4.69, 9.17) is 19.3 Å². The van der Waals surface area contributed by atoms with Gasteiger partial charge in [-0.2, -0.15) is 5.10 Å². The predicted octanol–water partition coefficient (Wildman–Crippen LogP) is 5.26. The molecule has 0 bridgehead atoms. The molecule has 4 aromatic rings. The molecule has 1 N–H and O–H groups in total. The average molecular weight is 587 g/mol. The number of aromatic nitrogens is 2. The van der Waals surface area contributed by atoms with Gasteiger partial charge in [-0.05, 0) is 55.8 Å². The number of nitrogens with one attached hydrogen (secondary N) is 1. The van der Waals surface area contributed by atoms with Gasteiger partial charge in [0, 0.05) is 17.2 Å². The monoisotopic (exact) mass is 586 g/mol. The van der Waals surface area contributed by atoms with Crippen molar-refractivity contribution in [2.24, 2.45) is 0 Å². The van der Waals surface area contributed by atoms with Gasteiger partial charge in [0.15, 0.2) is 11.5 Å². The van der Waals surface area contributed by atoms with Crippen LogP contribution in [0.5, 0.6) is 17.2 Å². The van der Waals surface area contributed by atoms with Crippen molar-refractivity contribution in [3.63, 3.8) is 0 Å². The van der Waals surface area contributed by atoms with Gasteiger partial charge in [0.1, 0.15) is 18.1 Å². The van der Waals surface area contributed by atoms with Gasteiger partial charge >= 0.3 is 0 Å². The fourth-order valence-corrected chi connectivity index (χ4v) is 6.21. The summed E-state index contributed by atoms with van der Waals surface area (Å²) in [6.07, 6.45) is 0. The first-order chi connectivity index (χ1) is 20.3. The maximum atomic E-state index is 13.8. The topological polar surface area (TPSA) is 94.9 Å². The van der Waals surface area contributed by atoms with Crippen LogP contribution in [0.3, 0.4) is 0 Å². The maximum Gasteiger partial charge on any atom is 0.240 e. The predicted molar refractivity (Wildman–Crippen MR) is 165 cm³/mol. The van der Waals surface area contributed by atoms with Crippen LogP contribution in [0.4, 0.5) is 5.82 Å². The maximum absolute atomic E-state index is 13.8. The Kier molecular flexibility index (Phi) is 8.72. The molecular weight excluding hydrogens is 552 g/mol. The number of carbonyl (C=O) groups is 2. The Hall–Kier alpha value is -4.44. The highest BCUT2D eigenvalue weighted by Crippen LogP contribution is 2.49. The number of rotatable bonds is 9. The molecule has 0 saturated heterocycles. The van der Waals surface area contributed by atoms with Crippen molar-refractivity contribution in [2.45, 2.75) is 25.1 Å². The van der Waals surface area contributed by atoms with Crippen LogP contribution in [-0.4, -0.2) is 61.3 Å². The van der Waals surface area contributed by atoms with E-state index in [-0.39, 0.29) is 35.4 Å². The van der Waals surface area contributed by atoms with E-state index in [1.54, 1.807) is 30.9 Å².